The SMILES string of the molecule is CC1=Cc2c(-c3ccc(C(C)(C)C)cc3)cc(C)cc2[CH]1[Zr]([Cl])([Cl])([CH]1C(C(C)C)=Cc2c(-c3ccc(C(C)(C)C)cc3)cccc21)[SiH](C)C. The predicted molar refractivity (Wildman–Crippen MR) is 218 cm³/mol. The Balaban J connectivity index is 1.54. The first-order chi connectivity index (χ1) is 22.7. The first-order valence-electron chi connectivity index (χ1n) is 18.2. The summed E-state index contributed by atoms with van der Waals surface area (Å²) in [6, 6.07) is 30.1. The second-order valence-electron chi connectivity index (χ2n) is 17.7. The molecule has 2 unspecified atom stereocenters. The van der Waals surface area contributed by atoms with Crippen molar-refractivity contribution < 1.29 is 15.6 Å². The first-order valence-corrected chi connectivity index (χ1v) is 34.5. The summed E-state index contributed by atoms with van der Waals surface area (Å²) in [5.74, 6) is -1.31. The molecule has 0 N–H and O–H groups in total. The molecule has 0 radical (unpaired) electrons. The number of hydrogen-bond donors (Lipinski definition) is 0. The summed E-state index contributed by atoms with van der Waals surface area (Å²) in [5.41, 5.74) is 17.4. The van der Waals surface area contributed by atoms with Crippen molar-refractivity contribution in [1.82, 2.24) is 0 Å². The fourth-order valence-electron chi connectivity index (χ4n) is 8.68. The molecule has 4 aromatic rings. The van der Waals surface area contributed by atoms with Crippen LogP contribution in [0.1, 0.15) is 109 Å². The van der Waals surface area contributed by atoms with Gasteiger partial charge in [-0.05, 0) is 0 Å². The molecular formula is C45H55Cl2SiZr. The van der Waals surface area contributed by atoms with Crippen LogP contribution >= 0.6 is 17.0 Å². The van der Waals surface area contributed by atoms with E-state index >= 15 is 0 Å². The van der Waals surface area contributed by atoms with Crippen molar-refractivity contribution in [3.8, 4) is 22.3 Å². The molecule has 0 saturated carbocycles. The van der Waals surface area contributed by atoms with Crippen molar-refractivity contribution in [3.63, 3.8) is 0 Å². The van der Waals surface area contributed by atoms with E-state index in [0.29, 0.717) is 5.92 Å². The van der Waals surface area contributed by atoms with Gasteiger partial charge in [-0.3, -0.25) is 0 Å². The normalized spacial score (nSPS) is 18.7. The van der Waals surface area contributed by atoms with Gasteiger partial charge >= 0.3 is 308 Å². The Labute approximate surface area is 305 Å². The van der Waals surface area contributed by atoms with Crippen LogP contribution in [0.2, 0.25) is 13.1 Å². The zero-order valence-corrected chi connectivity index (χ0v) is 36.9. The van der Waals surface area contributed by atoms with E-state index < -0.39 is 21.5 Å². The summed E-state index contributed by atoms with van der Waals surface area (Å²) in [6.45, 7) is 27.8. The van der Waals surface area contributed by atoms with Crippen LogP contribution in [0.15, 0.2) is 90.0 Å². The topological polar surface area (TPSA) is 0 Å². The van der Waals surface area contributed by atoms with E-state index in [2.05, 4.69) is 173 Å². The predicted octanol–water partition coefficient (Wildman–Crippen LogP) is 14.2. The van der Waals surface area contributed by atoms with E-state index in [4.69, 9.17) is 17.0 Å². The van der Waals surface area contributed by atoms with Crippen LogP contribution in [-0.4, -0.2) is 5.92 Å². The van der Waals surface area contributed by atoms with Crippen LogP contribution in [0.25, 0.3) is 34.4 Å². The summed E-state index contributed by atoms with van der Waals surface area (Å²) >= 11 is -4.85. The van der Waals surface area contributed by atoms with Gasteiger partial charge in [0.05, 0.1) is 0 Å². The average molecular weight is 786 g/mol. The Hall–Kier alpha value is -1.96. The van der Waals surface area contributed by atoms with Crippen molar-refractivity contribution in [2.75, 3.05) is 0 Å². The third kappa shape index (κ3) is 6.20. The number of hydrogen-bond acceptors (Lipinski definition) is 0. The van der Waals surface area contributed by atoms with E-state index in [1.807, 2.05) is 0 Å². The van der Waals surface area contributed by atoms with Crippen molar-refractivity contribution in [3.05, 3.63) is 129 Å². The van der Waals surface area contributed by atoms with Crippen LogP contribution in [0.4, 0.5) is 0 Å². The molecule has 49 heavy (non-hydrogen) atoms. The Kier molecular flexibility index (Phi) is 9.48. The molecule has 0 heterocycles. The van der Waals surface area contributed by atoms with Gasteiger partial charge in [0.25, 0.3) is 0 Å². The summed E-state index contributed by atoms with van der Waals surface area (Å²) in [4.78, 5) is 0. The number of allylic oxidation sites excluding steroid dienone is 2. The molecule has 0 bridgehead atoms. The Morgan fingerprint density at radius 1 is 0.633 bits per heavy atom. The Morgan fingerprint density at radius 2 is 1.14 bits per heavy atom. The van der Waals surface area contributed by atoms with E-state index in [1.54, 1.807) is 0 Å². The van der Waals surface area contributed by atoms with Gasteiger partial charge in [0, 0.05) is 0 Å². The molecule has 4 aromatic carbocycles. The van der Waals surface area contributed by atoms with Gasteiger partial charge < -0.3 is 0 Å². The van der Waals surface area contributed by atoms with Gasteiger partial charge in [-0.25, -0.2) is 0 Å². The number of aryl methyl sites for hydroxylation is 1. The van der Waals surface area contributed by atoms with Crippen molar-refractivity contribution >= 4 is 35.1 Å². The van der Waals surface area contributed by atoms with Gasteiger partial charge in [0.2, 0.25) is 0 Å². The third-order valence-electron chi connectivity index (χ3n) is 11.6. The summed E-state index contributed by atoms with van der Waals surface area (Å²) in [6.07, 6.45) is 4.92. The summed E-state index contributed by atoms with van der Waals surface area (Å²) < 4.78 is 0.154. The van der Waals surface area contributed by atoms with E-state index in [1.165, 1.54) is 72.3 Å². The molecule has 257 valence electrons. The molecule has 2 aliphatic carbocycles. The van der Waals surface area contributed by atoms with Gasteiger partial charge in [0.15, 0.2) is 0 Å². The van der Waals surface area contributed by atoms with Crippen LogP contribution in [-0.2, 0) is 26.4 Å². The molecule has 0 spiro atoms. The average Bonchev–Trinajstić information content (AvgIpc) is 3.59. The van der Waals surface area contributed by atoms with Crippen molar-refractivity contribution in [2.24, 2.45) is 5.92 Å². The van der Waals surface area contributed by atoms with Crippen LogP contribution in [0, 0.1) is 12.8 Å². The van der Waals surface area contributed by atoms with Crippen LogP contribution < -0.4 is 0 Å². The minimum atomic E-state index is -4.85. The van der Waals surface area contributed by atoms with E-state index in [-0.39, 0.29) is 18.1 Å². The maximum atomic E-state index is 8.68. The molecule has 2 atom stereocenters. The molecule has 4 heteroatoms. The fourth-order valence-corrected chi connectivity index (χ4v) is 40.9. The molecular weight excluding hydrogens is 731 g/mol. The standard InChI is InChI=1S/C22H25.C21H23.C2H7Si.2ClH.Zr/c1-15(2)18-13-17-7-6-8-20(21(17)14-18)16-9-11-19(12-10-16)22(3,4)5;1-14-10-17-11-15(2)13-20(17)19(12-14)16-6-8-18(9-7-16)21(3,4)5;1-3-2;;;/h6-15H,1-5H3;6-13H,1-5H3;3H,1-2H3;2*1H;/q;;;;;+2/p-2. The van der Waals surface area contributed by atoms with Crippen molar-refractivity contribution in [2.45, 2.75) is 100 Å². The summed E-state index contributed by atoms with van der Waals surface area (Å²) in [7, 11) is 17.4. The zero-order chi connectivity index (χ0) is 35.9. The molecule has 0 amide bonds. The second kappa shape index (κ2) is 12.6. The molecule has 0 saturated heterocycles. The second-order valence-corrected chi connectivity index (χ2v) is 60.2. The third-order valence-corrected chi connectivity index (χ3v) is 63.6. The monoisotopic (exact) mass is 783 g/mol. The molecule has 0 aliphatic heterocycles. The molecule has 0 fully saturated rings. The van der Waals surface area contributed by atoms with E-state index in [0.717, 1.165) is 0 Å². The number of fused-ring (bicyclic) bond motifs is 2. The Bertz CT molecular complexity index is 1980. The molecule has 6 rings (SSSR count). The fraction of sp³-hybridized carbons (Fsp3) is 0.378. The van der Waals surface area contributed by atoms with Gasteiger partial charge in [-0.2, -0.15) is 0 Å². The van der Waals surface area contributed by atoms with Crippen LogP contribution in [0.5, 0.6) is 0 Å². The number of rotatable bonds is 6. The minimum absolute atomic E-state index is 0.0757. The van der Waals surface area contributed by atoms with Crippen LogP contribution in [0.3, 0.4) is 0 Å². The van der Waals surface area contributed by atoms with E-state index in [9.17, 15) is 0 Å². The molecule has 2 aliphatic rings. The number of halogens is 2. The first kappa shape index (κ1) is 36.8. The molecule has 0 nitrogen and oxygen atoms in total. The van der Waals surface area contributed by atoms with Crippen molar-refractivity contribution in [1.29, 1.82) is 0 Å². The van der Waals surface area contributed by atoms with Gasteiger partial charge in [-0.1, -0.05) is 0 Å². The molecule has 0 aromatic heterocycles. The maximum absolute atomic E-state index is 8.68. The van der Waals surface area contributed by atoms with Gasteiger partial charge in [-0.15, -0.1) is 0 Å². The quantitative estimate of drug-likeness (QED) is 0.171. The Morgan fingerprint density at radius 3 is 1.63 bits per heavy atom. The summed E-state index contributed by atoms with van der Waals surface area (Å²) in [5, 5.41) is 0. The zero-order valence-electron chi connectivity index (χ0n) is 31.7. The van der Waals surface area contributed by atoms with Gasteiger partial charge in [0.1, 0.15) is 0 Å². The number of benzene rings is 4.